The number of aliphatic hydroxyl groups is 1. The van der Waals surface area contributed by atoms with Crippen LogP contribution in [0.5, 0.6) is 0 Å². The maximum absolute atomic E-state index is 9.57. The largest absolute Gasteiger partial charge is 0.384 e. The first-order valence-electron chi connectivity index (χ1n) is 4.60. The van der Waals surface area contributed by atoms with Gasteiger partial charge in [0.2, 0.25) is 0 Å². The fourth-order valence-electron chi connectivity index (χ4n) is 1.53. The van der Waals surface area contributed by atoms with Gasteiger partial charge in [0.05, 0.1) is 6.10 Å². The molecule has 2 rings (SSSR count). The van der Waals surface area contributed by atoms with Crippen LogP contribution in [0.2, 0.25) is 0 Å². The van der Waals surface area contributed by atoms with Crippen LogP contribution in [0.4, 0.5) is 0 Å². The van der Waals surface area contributed by atoms with E-state index in [-0.39, 0.29) is 0 Å². The molecule has 70 valence electrons. The molecule has 2 aromatic rings. The number of benzene rings is 2. The average molecular weight is 184 g/mol. The van der Waals surface area contributed by atoms with Gasteiger partial charge in [-0.25, -0.2) is 0 Å². The fourth-order valence-corrected chi connectivity index (χ4v) is 1.53. The molecule has 1 nitrogen and oxygen atoms in total. The molecule has 0 bridgehead atoms. The molecule has 14 heavy (non-hydrogen) atoms. The number of hydrogen-bond donors (Lipinski definition) is 1. The van der Waals surface area contributed by atoms with Crippen molar-refractivity contribution < 1.29 is 5.11 Å². The summed E-state index contributed by atoms with van der Waals surface area (Å²) in [5, 5.41) is 11.9. The Bertz CT molecular complexity index is 459. The first-order valence-corrected chi connectivity index (χ1v) is 4.60. The van der Waals surface area contributed by atoms with Crippen LogP contribution < -0.4 is 0 Å². The summed E-state index contributed by atoms with van der Waals surface area (Å²) in [5.41, 5.74) is 0.888. The van der Waals surface area contributed by atoms with E-state index in [9.17, 15) is 5.11 Å². The van der Waals surface area contributed by atoms with Gasteiger partial charge >= 0.3 is 0 Å². The highest BCUT2D eigenvalue weighted by atomic mass is 16.3. The first kappa shape index (κ1) is 8.97. The highest BCUT2D eigenvalue weighted by Gasteiger charge is 2.02. The summed E-state index contributed by atoms with van der Waals surface area (Å²) in [6, 6.07) is 14.0. The second-order valence-corrected chi connectivity index (χ2v) is 3.29. The van der Waals surface area contributed by atoms with Gasteiger partial charge in [0.15, 0.2) is 0 Å². The van der Waals surface area contributed by atoms with Crippen molar-refractivity contribution in [3.8, 4) is 0 Å². The molecule has 0 unspecified atom stereocenters. The van der Waals surface area contributed by atoms with Gasteiger partial charge in [0, 0.05) is 0 Å². The van der Waals surface area contributed by atoms with Crippen LogP contribution in [0, 0.1) is 0 Å². The minimum absolute atomic E-state index is 0.570. The van der Waals surface area contributed by atoms with Crippen molar-refractivity contribution in [3.63, 3.8) is 0 Å². The Balaban J connectivity index is 2.56. The number of aliphatic hydroxyl groups excluding tert-OH is 1. The lowest BCUT2D eigenvalue weighted by Crippen LogP contribution is -1.91. The molecule has 1 atom stereocenters. The summed E-state index contributed by atoms with van der Waals surface area (Å²) in [7, 11) is 0. The maximum Gasteiger partial charge on any atom is 0.0969 e. The summed E-state index contributed by atoms with van der Waals surface area (Å²) < 4.78 is 0. The Kier molecular flexibility index (Phi) is 2.33. The van der Waals surface area contributed by atoms with E-state index in [1.807, 2.05) is 36.4 Å². The van der Waals surface area contributed by atoms with Crippen molar-refractivity contribution in [2.45, 2.75) is 6.10 Å². The normalized spacial score (nSPS) is 12.6. The fraction of sp³-hybridized carbons (Fsp3) is 0.0769. The van der Waals surface area contributed by atoms with Crippen LogP contribution in [0.25, 0.3) is 10.8 Å². The summed E-state index contributed by atoms with van der Waals surface area (Å²) in [4.78, 5) is 0. The highest BCUT2D eigenvalue weighted by molar-refractivity contribution is 5.83. The van der Waals surface area contributed by atoms with Crippen LogP contribution in [-0.4, -0.2) is 5.11 Å². The molecule has 1 N–H and O–H groups in total. The van der Waals surface area contributed by atoms with Crippen molar-refractivity contribution in [1.29, 1.82) is 0 Å². The Morgan fingerprint density at radius 1 is 1.07 bits per heavy atom. The number of rotatable bonds is 2. The second kappa shape index (κ2) is 3.64. The van der Waals surface area contributed by atoms with Gasteiger partial charge in [-0.1, -0.05) is 42.5 Å². The van der Waals surface area contributed by atoms with E-state index >= 15 is 0 Å². The van der Waals surface area contributed by atoms with E-state index in [4.69, 9.17) is 0 Å². The highest BCUT2D eigenvalue weighted by Crippen LogP contribution is 2.20. The van der Waals surface area contributed by atoms with Gasteiger partial charge in [-0.05, 0) is 22.4 Å². The number of hydrogen-bond acceptors (Lipinski definition) is 1. The second-order valence-electron chi connectivity index (χ2n) is 3.29. The monoisotopic (exact) mass is 184 g/mol. The summed E-state index contributed by atoms with van der Waals surface area (Å²) in [6.07, 6.45) is 0.962. The van der Waals surface area contributed by atoms with E-state index < -0.39 is 6.10 Å². The lowest BCUT2D eigenvalue weighted by molar-refractivity contribution is 0.229. The van der Waals surface area contributed by atoms with Crippen molar-refractivity contribution in [1.82, 2.24) is 0 Å². The van der Waals surface area contributed by atoms with Crippen LogP contribution in [0.3, 0.4) is 0 Å². The van der Waals surface area contributed by atoms with Crippen molar-refractivity contribution >= 4 is 10.8 Å². The zero-order valence-corrected chi connectivity index (χ0v) is 7.85. The molecule has 0 saturated heterocycles. The first-order chi connectivity index (χ1) is 6.81. The van der Waals surface area contributed by atoms with E-state index in [0.29, 0.717) is 0 Å². The summed E-state index contributed by atoms with van der Waals surface area (Å²) in [5.74, 6) is 0. The molecule has 2 aromatic carbocycles. The molecule has 0 aliphatic heterocycles. The third-order valence-electron chi connectivity index (χ3n) is 2.34. The topological polar surface area (TPSA) is 20.2 Å². The maximum atomic E-state index is 9.57. The van der Waals surface area contributed by atoms with Crippen LogP contribution in [0.15, 0.2) is 55.1 Å². The Morgan fingerprint density at radius 2 is 1.79 bits per heavy atom. The summed E-state index contributed by atoms with van der Waals surface area (Å²) >= 11 is 0. The van der Waals surface area contributed by atoms with E-state index in [1.54, 1.807) is 0 Å². The number of fused-ring (bicyclic) bond motifs is 1. The van der Waals surface area contributed by atoms with E-state index in [2.05, 4.69) is 12.6 Å². The predicted molar refractivity (Wildman–Crippen MR) is 59.1 cm³/mol. The molecular weight excluding hydrogens is 172 g/mol. The smallest absolute Gasteiger partial charge is 0.0969 e. The lowest BCUT2D eigenvalue weighted by Gasteiger charge is -2.06. The molecular formula is C13H12O. The van der Waals surface area contributed by atoms with Gasteiger partial charge < -0.3 is 5.11 Å². The van der Waals surface area contributed by atoms with Crippen LogP contribution in [-0.2, 0) is 0 Å². The molecule has 0 spiro atoms. The molecule has 0 aromatic heterocycles. The van der Waals surface area contributed by atoms with Crippen LogP contribution in [0.1, 0.15) is 11.7 Å². The van der Waals surface area contributed by atoms with Crippen molar-refractivity contribution in [2.24, 2.45) is 0 Å². The Morgan fingerprint density at radius 3 is 2.50 bits per heavy atom. The van der Waals surface area contributed by atoms with Gasteiger partial charge in [0.25, 0.3) is 0 Å². The Hall–Kier alpha value is -1.60. The Labute approximate surface area is 83.3 Å². The molecule has 0 amide bonds. The molecule has 0 aliphatic carbocycles. The summed E-state index contributed by atoms with van der Waals surface area (Å²) in [6.45, 7) is 3.57. The third-order valence-corrected chi connectivity index (χ3v) is 2.34. The van der Waals surface area contributed by atoms with Gasteiger partial charge in [-0.2, -0.15) is 0 Å². The van der Waals surface area contributed by atoms with Crippen molar-refractivity contribution in [3.05, 3.63) is 60.7 Å². The van der Waals surface area contributed by atoms with Crippen LogP contribution >= 0.6 is 0 Å². The van der Waals surface area contributed by atoms with Gasteiger partial charge in [-0.15, -0.1) is 6.58 Å². The zero-order valence-electron chi connectivity index (χ0n) is 7.85. The minimum atomic E-state index is -0.570. The molecule has 0 saturated carbocycles. The average Bonchev–Trinajstić information content (AvgIpc) is 2.27. The molecule has 0 fully saturated rings. The molecule has 0 heterocycles. The molecule has 0 aliphatic rings. The predicted octanol–water partition coefficient (Wildman–Crippen LogP) is 3.06. The lowest BCUT2D eigenvalue weighted by atomic mass is 10.0. The zero-order chi connectivity index (χ0) is 9.97. The molecule has 1 heteroatoms. The molecule has 0 radical (unpaired) electrons. The van der Waals surface area contributed by atoms with E-state index in [1.165, 1.54) is 11.5 Å². The van der Waals surface area contributed by atoms with E-state index in [0.717, 1.165) is 10.9 Å². The third kappa shape index (κ3) is 1.54. The standard InChI is InChI=1S/C13H12O/c1-2-13(14)12-8-7-10-5-3-4-6-11(10)9-12/h2-9,13-14H,1H2/t13-/m0/s1. The van der Waals surface area contributed by atoms with Crippen molar-refractivity contribution in [2.75, 3.05) is 0 Å². The SMILES string of the molecule is C=C[C@H](O)c1ccc2ccccc2c1. The quantitative estimate of drug-likeness (QED) is 0.711. The van der Waals surface area contributed by atoms with Gasteiger partial charge in [0.1, 0.15) is 0 Å². The van der Waals surface area contributed by atoms with Gasteiger partial charge in [-0.3, -0.25) is 0 Å². The minimum Gasteiger partial charge on any atom is -0.384 e.